The van der Waals surface area contributed by atoms with E-state index >= 15 is 0 Å². The van der Waals surface area contributed by atoms with Gasteiger partial charge in [-0.15, -0.1) is 0 Å². The summed E-state index contributed by atoms with van der Waals surface area (Å²) in [4.78, 5) is 3.97. The van der Waals surface area contributed by atoms with Crippen LogP contribution in [0.25, 0.3) is 10.8 Å². The largest absolute Gasteiger partial charge is 0.345 e. The summed E-state index contributed by atoms with van der Waals surface area (Å²) < 4.78 is 0. The van der Waals surface area contributed by atoms with Crippen LogP contribution in [-0.2, 0) is 0 Å². The lowest BCUT2D eigenvalue weighted by Gasteiger charge is -2.06. The molecule has 2 aromatic rings. The lowest BCUT2D eigenvalue weighted by molar-refractivity contribution is 1.36. The number of rotatable bonds is 2. The lowest BCUT2D eigenvalue weighted by Crippen LogP contribution is -2.00. The van der Waals surface area contributed by atoms with E-state index in [-0.39, 0.29) is 11.3 Å². The van der Waals surface area contributed by atoms with Crippen molar-refractivity contribution in [2.24, 2.45) is 0 Å². The molecule has 0 saturated carbocycles. The average Bonchev–Trinajstić information content (AvgIpc) is 2.46. The average molecular weight is 280 g/mol. The Kier molecular flexibility index (Phi) is 3.82. The highest BCUT2D eigenvalue weighted by Gasteiger charge is 2.06. The molecular weight excluding hydrogens is 274 g/mol. The third-order valence-corrected chi connectivity index (χ3v) is 2.75. The van der Waals surface area contributed by atoms with Crippen LogP contribution in [0.15, 0.2) is 41.7 Å². The van der Waals surface area contributed by atoms with Crippen molar-refractivity contribution >= 4 is 28.1 Å². The summed E-state index contributed by atoms with van der Waals surface area (Å²) in [6, 6.07) is 12.1. The van der Waals surface area contributed by atoms with E-state index in [1.807, 2.05) is 0 Å². The number of hydrogen-bond donors (Lipinski definition) is 1. The molecule has 94 valence electrons. The van der Waals surface area contributed by atoms with Crippen LogP contribution in [0.4, 0.5) is 5.69 Å². The number of nitriles is 3. The molecule has 5 nitrogen and oxygen atoms in total. The Labute approximate surface area is 119 Å². The van der Waals surface area contributed by atoms with E-state index in [1.165, 1.54) is 0 Å². The lowest BCUT2D eigenvalue weighted by atomic mass is 10.1. The Morgan fingerprint density at radius 1 is 1.05 bits per heavy atom. The standard InChI is InChI=1S/C14H6ClN5/c15-14-4-10-3-12(2-1-9(10)8-19-14)20-13(7-18)11(5-16)6-17/h1-4,8,20H. The van der Waals surface area contributed by atoms with Crippen molar-refractivity contribution in [2.75, 3.05) is 5.32 Å². The van der Waals surface area contributed by atoms with Gasteiger partial charge in [-0.1, -0.05) is 17.7 Å². The molecule has 1 N–H and O–H groups in total. The quantitative estimate of drug-likeness (QED) is 0.673. The molecule has 1 heterocycles. The molecule has 2 rings (SSSR count). The number of aromatic nitrogens is 1. The highest BCUT2D eigenvalue weighted by molar-refractivity contribution is 6.30. The first-order valence-electron chi connectivity index (χ1n) is 5.45. The van der Waals surface area contributed by atoms with E-state index in [4.69, 9.17) is 27.4 Å². The Morgan fingerprint density at radius 2 is 1.80 bits per heavy atom. The number of pyridine rings is 1. The normalized spacial score (nSPS) is 9.10. The van der Waals surface area contributed by atoms with Crippen molar-refractivity contribution in [1.29, 1.82) is 15.8 Å². The first kappa shape index (κ1) is 13.4. The summed E-state index contributed by atoms with van der Waals surface area (Å²) in [7, 11) is 0. The Bertz CT molecular complexity index is 817. The number of nitrogens with zero attached hydrogens (tertiary/aromatic N) is 4. The Morgan fingerprint density at radius 3 is 2.45 bits per heavy atom. The van der Waals surface area contributed by atoms with Crippen molar-refractivity contribution in [3.05, 3.63) is 46.9 Å². The van der Waals surface area contributed by atoms with Gasteiger partial charge in [0.25, 0.3) is 0 Å². The van der Waals surface area contributed by atoms with Crippen LogP contribution in [0.5, 0.6) is 0 Å². The molecule has 0 atom stereocenters. The van der Waals surface area contributed by atoms with Crippen LogP contribution >= 0.6 is 11.6 Å². The van der Waals surface area contributed by atoms with Gasteiger partial charge in [0, 0.05) is 17.3 Å². The number of nitrogens with one attached hydrogen (secondary N) is 1. The smallest absolute Gasteiger partial charge is 0.163 e. The van der Waals surface area contributed by atoms with Gasteiger partial charge in [-0.2, -0.15) is 15.8 Å². The van der Waals surface area contributed by atoms with Gasteiger partial charge in [0.1, 0.15) is 29.1 Å². The van der Waals surface area contributed by atoms with Crippen LogP contribution < -0.4 is 5.32 Å². The van der Waals surface area contributed by atoms with Gasteiger partial charge < -0.3 is 5.32 Å². The fourth-order valence-corrected chi connectivity index (χ4v) is 1.79. The van der Waals surface area contributed by atoms with Gasteiger partial charge in [0.05, 0.1) is 0 Å². The molecule has 1 aromatic heterocycles. The maximum atomic E-state index is 8.97. The first-order valence-corrected chi connectivity index (χ1v) is 5.82. The van der Waals surface area contributed by atoms with Gasteiger partial charge in [0.2, 0.25) is 0 Å². The fourth-order valence-electron chi connectivity index (χ4n) is 1.62. The maximum Gasteiger partial charge on any atom is 0.163 e. The zero-order valence-corrected chi connectivity index (χ0v) is 10.8. The number of fused-ring (bicyclic) bond motifs is 1. The van der Waals surface area contributed by atoms with Crippen molar-refractivity contribution in [1.82, 2.24) is 4.98 Å². The minimum atomic E-state index is -0.264. The second kappa shape index (κ2) is 5.71. The number of anilines is 1. The molecule has 0 saturated heterocycles. The topological polar surface area (TPSA) is 96.3 Å². The predicted octanol–water partition coefficient (Wildman–Crippen LogP) is 3.12. The second-order valence-electron chi connectivity index (χ2n) is 3.78. The van der Waals surface area contributed by atoms with Crippen molar-refractivity contribution in [3.8, 4) is 18.2 Å². The zero-order valence-electron chi connectivity index (χ0n) is 10.1. The zero-order chi connectivity index (χ0) is 14.5. The highest BCUT2D eigenvalue weighted by Crippen LogP contribution is 2.22. The van der Waals surface area contributed by atoms with Gasteiger partial charge in [-0.25, -0.2) is 4.98 Å². The van der Waals surface area contributed by atoms with E-state index in [9.17, 15) is 0 Å². The third kappa shape index (κ3) is 2.67. The minimum absolute atomic E-state index is 0.0884. The molecule has 0 aliphatic carbocycles. The Hall–Kier alpha value is -3.07. The van der Waals surface area contributed by atoms with Crippen LogP contribution in [0, 0.1) is 34.0 Å². The van der Waals surface area contributed by atoms with Gasteiger partial charge in [-0.05, 0) is 23.6 Å². The molecule has 20 heavy (non-hydrogen) atoms. The molecule has 0 fully saturated rings. The number of benzene rings is 1. The molecule has 0 amide bonds. The highest BCUT2D eigenvalue weighted by atomic mass is 35.5. The monoisotopic (exact) mass is 279 g/mol. The molecule has 0 aliphatic heterocycles. The van der Waals surface area contributed by atoms with Crippen molar-refractivity contribution in [2.45, 2.75) is 0 Å². The fraction of sp³-hybridized carbons (Fsp3) is 0. The number of hydrogen-bond acceptors (Lipinski definition) is 5. The van der Waals surface area contributed by atoms with E-state index in [0.29, 0.717) is 10.8 Å². The number of halogens is 1. The van der Waals surface area contributed by atoms with Crippen LogP contribution in [0.1, 0.15) is 0 Å². The third-order valence-electron chi connectivity index (χ3n) is 2.54. The summed E-state index contributed by atoms with van der Waals surface area (Å²) in [5.41, 5.74) is 0.231. The molecule has 1 aromatic carbocycles. The molecular formula is C14H6ClN5. The van der Waals surface area contributed by atoms with Crippen LogP contribution in [-0.4, -0.2) is 4.98 Å². The summed E-state index contributed by atoms with van der Waals surface area (Å²) >= 11 is 5.82. The summed E-state index contributed by atoms with van der Waals surface area (Å²) in [5, 5.41) is 31.3. The SMILES string of the molecule is N#CC(C#N)=C(C#N)Nc1ccc2cnc(Cl)cc2c1. The summed E-state index contributed by atoms with van der Waals surface area (Å²) in [6.07, 6.45) is 1.64. The maximum absolute atomic E-state index is 8.97. The molecule has 6 heteroatoms. The molecule has 0 unspecified atom stereocenters. The van der Waals surface area contributed by atoms with E-state index in [2.05, 4.69) is 10.3 Å². The summed E-state index contributed by atoms with van der Waals surface area (Å²) in [5.74, 6) is 0. The van der Waals surface area contributed by atoms with E-state index < -0.39 is 0 Å². The first-order chi connectivity index (χ1) is 9.67. The summed E-state index contributed by atoms with van der Waals surface area (Å²) in [6.45, 7) is 0. The van der Waals surface area contributed by atoms with Crippen LogP contribution in [0.3, 0.4) is 0 Å². The van der Waals surface area contributed by atoms with Crippen molar-refractivity contribution < 1.29 is 0 Å². The van der Waals surface area contributed by atoms with Gasteiger partial charge >= 0.3 is 0 Å². The number of allylic oxidation sites excluding steroid dienone is 2. The van der Waals surface area contributed by atoms with Crippen molar-refractivity contribution in [3.63, 3.8) is 0 Å². The van der Waals surface area contributed by atoms with Gasteiger partial charge in [-0.3, -0.25) is 0 Å². The predicted molar refractivity (Wildman–Crippen MR) is 74.2 cm³/mol. The minimum Gasteiger partial charge on any atom is -0.345 e. The van der Waals surface area contributed by atoms with E-state index in [0.717, 1.165) is 10.8 Å². The molecule has 0 bridgehead atoms. The second-order valence-corrected chi connectivity index (χ2v) is 4.17. The molecule has 0 aliphatic rings. The van der Waals surface area contributed by atoms with E-state index in [1.54, 1.807) is 48.7 Å². The Balaban J connectivity index is 2.45. The van der Waals surface area contributed by atoms with Crippen LogP contribution in [0.2, 0.25) is 5.15 Å². The van der Waals surface area contributed by atoms with Gasteiger partial charge in [0.15, 0.2) is 5.57 Å². The molecule has 0 radical (unpaired) electrons. The molecule has 0 spiro atoms.